The SMILES string of the molecule is COC(=O)C(O)OCCc1ccccc1. The summed E-state index contributed by atoms with van der Waals surface area (Å²) in [6.07, 6.45) is -0.840. The highest BCUT2D eigenvalue weighted by atomic mass is 16.6. The number of ether oxygens (including phenoxy) is 2. The Hall–Kier alpha value is -1.39. The summed E-state index contributed by atoms with van der Waals surface area (Å²) in [6.45, 7) is 0.278. The molecule has 0 bridgehead atoms. The molecular formula is C11H14O4. The zero-order chi connectivity index (χ0) is 11.1. The van der Waals surface area contributed by atoms with E-state index in [1.807, 2.05) is 30.3 Å². The Morgan fingerprint density at radius 1 is 1.40 bits per heavy atom. The Balaban J connectivity index is 2.25. The van der Waals surface area contributed by atoms with Gasteiger partial charge in [-0.2, -0.15) is 0 Å². The molecule has 0 aliphatic carbocycles. The molecule has 15 heavy (non-hydrogen) atoms. The summed E-state index contributed by atoms with van der Waals surface area (Å²) in [5, 5.41) is 9.10. The van der Waals surface area contributed by atoms with Crippen LogP contribution in [0.15, 0.2) is 30.3 Å². The molecule has 1 unspecified atom stereocenters. The van der Waals surface area contributed by atoms with E-state index in [9.17, 15) is 4.79 Å². The van der Waals surface area contributed by atoms with Crippen LogP contribution in [0.3, 0.4) is 0 Å². The monoisotopic (exact) mass is 210 g/mol. The van der Waals surface area contributed by atoms with E-state index in [4.69, 9.17) is 9.84 Å². The molecule has 0 saturated heterocycles. The summed E-state index contributed by atoms with van der Waals surface area (Å²) in [4.78, 5) is 10.8. The van der Waals surface area contributed by atoms with Crippen LogP contribution in [0.5, 0.6) is 0 Å². The van der Waals surface area contributed by atoms with Gasteiger partial charge < -0.3 is 14.6 Å². The van der Waals surface area contributed by atoms with Gasteiger partial charge in [0.2, 0.25) is 0 Å². The normalized spacial score (nSPS) is 12.1. The highest BCUT2D eigenvalue weighted by molar-refractivity contribution is 5.72. The smallest absolute Gasteiger partial charge is 0.363 e. The fraction of sp³-hybridized carbons (Fsp3) is 0.364. The van der Waals surface area contributed by atoms with Crippen LogP contribution in [-0.2, 0) is 20.7 Å². The van der Waals surface area contributed by atoms with Crippen molar-refractivity contribution in [3.8, 4) is 0 Å². The highest BCUT2D eigenvalue weighted by Crippen LogP contribution is 2.00. The standard InChI is InChI=1S/C11H14O4/c1-14-10(12)11(13)15-8-7-9-5-3-2-4-6-9/h2-6,11,13H,7-8H2,1H3. The molecule has 0 fully saturated rings. The van der Waals surface area contributed by atoms with Gasteiger partial charge in [0.15, 0.2) is 0 Å². The van der Waals surface area contributed by atoms with E-state index < -0.39 is 12.3 Å². The van der Waals surface area contributed by atoms with Gasteiger partial charge in [0, 0.05) is 0 Å². The van der Waals surface area contributed by atoms with Gasteiger partial charge in [0.1, 0.15) is 0 Å². The van der Waals surface area contributed by atoms with Crippen molar-refractivity contribution in [2.45, 2.75) is 12.7 Å². The number of rotatable bonds is 5. The molecule has 0 radical (unpaired) electrons. The number of carbonyl (C=O) groups excluding carboxylic acids is 1. The minimum atomic E-state index is -1.49. The Morgan fingerprint density at radius 2 is 2.07 bits per heavy atom. The molecule has 82 valence electrons. The van der Waals surface area contributed by atoms with E-state index in [1.165, 1.54) is 7.11 Å². The van der Waals surface area contributed by atoms with Crippen molar-refractivity contribution in [1.29, 1.82) is 0 Å². The van der Waals surface area contributed by atoms with Gasteiger partial charge in [0.05, 0.1) is 13.7 Å². The first-order valence-electron chi connectivity index (χ1n) is 4.65. The number of methoxy groups -OCH3 is 1. The molecule has 0 saturated carbocycles. The van der Waals surface area contributed by atoms with Gasteiger partial charge in [0.25, 0.3) is 6.29 Å². The molecule has 1 rings (SSSR count). The summed E-state index contributed by atoms with van der Waals surface area (Å²) in [5.74, 6) is -0.775. The maximum absolute atomic E-state index is 10.8. The molecule has 0 amide bonds. The number of esters is 1. The molecule has 4 heteroatoms. The van der Waals surface area contributed by atoms with Gasteiger partial charge in [-0.05, 0) is 12.0 Å². The van der Waals surface area contributed by atoms with Gasteiger partial charge in [-0.3, -0.25) is 0 Å². The molecule has 1 aromatic rings. The molecule has 1 atom stereocenters. The third-order valence-corrected chi connectivity index (χ3v) is 1.91. The van der Waals surface area contributed by atoms with E-state index in [0.29, 0.717) is 6.42 Å². The number of hydrogen-bond donors (Lipinski definition) is 1. The van der Waals surface area contributed by atoms with Crippen molar-refractivity contribution in [2.24, 2.45) is 0 Å². The third-order valence-electron chi connectivity index (χ3n) is 1.91. The lowest BCUT2D eigenvalue weighted by Crippen LogP contribution is -2.25. The zero-order valence-corrected chi connectivity index (χ0v) is 8.55. The van der Waals surface area contributed by atoms with Crippen LogP contribution in [0.1, 0.15) is 5.56 Å². The van der Waals surface area contributed by atoms with Crippen LogP contribution >= 0.6 is 0 Å². The van der Waals surface area contributed by atoms with Gasteiger partial charge >= 0.3 is 5.97 Å². The average molecular weight is 210 g/mol. The highest BCUT2D eigenvalue weighted by Gasteiger charge is 2.14. The first kappa shape index (κ1) is 11.7. The van der Waals surface area contributed by atoms with E-state index >= 15 is 0 Å². The maximum atomic E-state index is 10.8. The summed E-state index contributed by atoms with van der Waals surface area (Å²) < 4.78 is 9.18. The van der Waals surface area contributed by atoms with E-state index in [0.717, 1.165) is 5.56 Å². The summed E-state index contributed by atoms with van der Waals surface area (Å²) in [6, 6.07) is 9.67. The Kier molecular flexibility index (Phi) is 4.80. The van der Waals surface area contributed by atoms with Crippen LogP contribution < -0.4 is 0 Å². The summed E-state index contributed by atoms with van der Waals surface area (Å²) >= 11 is 0. The molecular weight excluding hydrogens is 196 g/mol. The maximum Gasteiger partial charge on any atom is 0.363 e. The molecule has 1 N–H and O–H groups in total. The predicted molar refractivity (Wildman–Crippen MR) is 54.1 cm³/mol. The third kappa shape index (κ3) is 4.10. The molecule has 1 aromatic carbocycles. The molecule has 0 aromatic heterocycles. The predicted octanol–water partition coefficient (Wildman–Crippen LogP) is 0.737. The van der Waals surface area contributed by atoms with Gasteiger partial charge in [-0.1, -0.05) is 30.3 Å². The number of benzene rings is 1. The minimum absolute atomic E-state index is 0.278. The zero-order valence-electron chi connectivity index (χ0n) is 8.55. The average Bonchev–Trinajstić information content (AvgIpc) is 2.29. The topological polar surface area (TPSA) is 55.8 Å². The molecule has 0 heterocycles. The van der Waals surface area contributed by atoms with Crippen LogP contribution in [0.2, 0.25) is 0 Å². The van der Waals surface area contributed by atoms with Crippen molar-refractivity contribution in [3.63, 3.8) is 0 Å². The Morgan fingerprint density at radius 3 is 2.67 bits per heavy atom. The van der Waals surface area contributed by atoms with Crippen molar-refractivity contribution in [1.82, 2.24) is 0 Å². The molecule has 0 aliphatic rings. The lowest BCUT2D eigenvalue weighted by molar-refractivity contribution is -0.179. The van der Waals surface area contributed by atoms with E-state index in [-0.39, 0.29) is 6.61 Å². The second-order valence-corrected chi connectivity index (χ2v) is 2.98. The van der Waals surface area contributed by atoms with Crippen molar-refractivity contribution >= 4 is 5.97 Å². The Bertz CT molecular complexity index is 297. The van der Waals surface area contributed by atoms with Crippen LogP contribution in [0.4, 0.5) is 0 Å². The van der Waals surface area contributed by atoms with Crippen molar-refractivity contribution in [2.75, 3.05) is 13.7 Å². The fourth-order valence-electron chi connectivity index (χ4n) is 1.10. The van der Waals surface area contributed by atoms with Crippen LogP contribution in [0.25, 0.3) is 0 Å². The van der Waals surface area contributed by atoms with E-state index in [1.54, 1.807) is 0 Å². The number of carbonyl (C=O) groups is 1. The second-order valence-electron chi connectivity index (χ2n) is 2.98. The number of aliphatic hydroxyl groups excluding tert-OH is 1. The first-order valence-corrected chi connectivity index (χ1v) is 4.65. The van der Waals surface area contributed by atoms with Gasteiger partial charge in [-0.25, -0.2) is 4.79 Å². The lowest BCUT2D eigenvalue weighted by atomic mass is 10.2. The minimum Gasteiger partial charge on any atom is -0.465 e. The first-order chi connectivity index (χ1) is 7.24. The van der Waals surface area contributed by atoms with Crippen molar-refractivity contribution < 1.29 is 19.4 Å². The molecule has 0 spiro atoms. The number of aliphatic hydroxyl groups is 1. The Labute approximate surface area is 88.4 Å². The second kappa shape index (κ2) is 6.16. The molecule has 0 aliphatic heterocycles. The number of hydrogen-bond acceptors (Lipinski definition) is 4. The fourth-order valence-corrected chi connectivity index (χ4v) is 1.10. The summed E-state index contributed by atoms with van der Waals surface area (Å²) in [7, 11) is 1.20. The van der Waals surface area contributed by atoms with E-state index in [2.05, 4.69) is 4.74 Å². The molecule has 4 nitrogen and oxygen atoms in total. The van der Waals surface area contributed by atoms with Crippen molar-refractivity contribution in [3.05, 3.63) is 35.9 Å². The van der Waals surface area contributed by atoms with Gasteiger partial charge in [-0.15, -0.1) is 0 Å². The summed E-state index contributed by atoms with van der Waals surface area (Å²) in [5.41, 5.74) is 1.09. The quantitative estimate of drug-likeness (QED) is 0.575. The largest absolute Gasteiger partial charge is 0.465 e. The van der Waals surface area contributed by atoms with Crippen LogP contribution in [0, 0.1) is 0 Å². The lowest BCUT2D eigenvalue weighted by Gasteiger charge is -2.09. The van der Waals surface area contributed by atoms with Crippen LogP contribution in [-0.4, -0.2) is 31.1 Å².